The van der Waals surface area contributed by atoms with Crippen LogP contribution < -0.4 is 0 Å². The maximum absolute atomic E-state index is 11.9. The van der Waals surface area contributed by atoms with Crippen LogP contribution in [0.4, 0.5) is 4.39 Å². The summed E-state index contributed by atoms with van der Waals surface area (Å²) in [6.07, 6.45) is 3.92. The third kappa shape index (κ3) is 1.63. The molecule has 1 atom stereocenters. The minimum Gasteiger partial charge on any atom is -0.367 e. The molecule has 0 aromatic heterocycles. The molecule has 13 heavy (non-hydrogen) atoms. The fraction of sp³-hybridized carbons (Fsp3) is 0.273. The minimum absolute atomic E-state index is 0.0491. The van der Waals surface area contributed by atoms with E-state index in [9.17, 15) is 4.39 Å². The second kappa shape index (κ2) is 3.71. The van der Waals surface area contributed by atoms with E-state index in [0.29, 0.717) is 0 Å². The number of hydrogen-bond donors (Lipinski definition) is 0. The summed E-state index contributed by atoms with van der Waals surface area (Å²) in [6, 6.07) is 8.00. The number of benzene rings is 1. The molecule has 1 unspecified atom stereocenters. The quantitative estimate of drug-likeness (QED) is 0.691. The van der Waals surface area contributed by atoms with Gasteiger partial charge in [0.05, 0.1) is 6.61 Å². The fourth-order valence-corrected chi connectivity index (χ4v) is 1.53. The Morgan fingerprint density at radius 3 is 3.00 bits per heavy atom. The van der Waals surface area contributed by atoms with Gasteiger partial charge in [0.2, 0.25) is 0 Å². The lowest BCUT2D eigenvalue weighted by Gasteiger charge is -2.10. The van der Waals surface area contributed by atoms with Gasteiger partial charge in [-0.15, -0.1) is 0 Å². The summed E-state index contributed by atoms with van der Waals surface area (Å²) >= 11 is 0. The molecule has 0 saturated heterocycles. The smallest absolute Gasteiger partial charge is 0.113 e. The summed E-state index contributed by atoms with van der Waals surface area (Å²) < 4.78 is 17.2. The van der Waals surface area contributed by atoms with E-state index in [1.54, 1.807) is 0 Å². The zero-order valence-corrected chi connectivity index (χ0v) is 7.24. The third-order valence-corrected chi connectivity index (χ3v) is 2.13. The number of alkyl halides is 1. The van der Waals surface area contributed by atoms with Crippen molar-refractivity contribution in [2.75, 3.05) is 13.3 Å². The number of ether oxygens (including phenoxy) is 1. The van der Waals surface area contributed by atoms with Gasteiger partial charge in [0.25, 0.3) is 0 Å². The van der Waals surface area contributed by atoms with Gasteiger partial charge in [-0.25, -0.2) is 4.39 Å². The molecule has 0 spiro atoms. The van der Waals surface area contributed by atoms with E-state index in [2.05, 4.69) is 0 Å². The van der Waals surface area contributed by atoms with Crippen LogP contribution in [0.1, 0.15) is 17.2 Å². The van der Waals surface area contributed by atoms with Crippen molar-refractivity contribution in [3.05, 3.63) is 41.5 Å². The van der Waals surface area contributed by atoms with Crippen LogP contribution in [-0.4, -0.2) is 13.3 Å². The summed E-state index contributed by atoms with van der Waals surface area (Å²) in [7, 11) is 0. The van der Waals surface area contributed by atoms with Gasteiger partial charge in [0.15, 0.2) is 0 Å². The molecular weight excluding hydrogens is 167 g/mol. The van der Waals surface area contributed by atoms with Crippen molar-refractivity contribution in [2.45, 2.75) is 6.10 Å². The van der Waals surface area contributed by atoms with E-state index >= 15 is 0 Å². The van der Waals surface area contributed by atoms with E-state index < -0.39 is 6.67 Å². The third-order valence-electron chi connectivity index (χ3n) is 2.13. The van der Waals surface area contributed by atoms with Crippen LogP contribution in [0.25, 0.3) is 6.08 Å². The molecule has 1 aliphatic carbocycles. The number of rotatable bonds is 3. The Balaban J connectivity index is 2.14. The average molecular weight is 178 g/mol. The van der Waals surface area contributed by atoms with Crippen LogP contribution in [-0.2, 0) is 4.74 Å². The maximum Gasteiger partial charge on any atom is 0.113 e. The molecule has 1 aliphatic rings. The zero-order valence-electron chi connectivity index (χ0n) is 7.24. The Labute approximate surface area is 76.8 Å². The summed E-state index contributed by atoms with van der Waals surface area (Å²) in [6.45, 7) is -0.254. The molecule has 2 heteroatoms. The fourth-order valence-electron chi connectivity index (χ4n) is 1.53. The minimum atomic E-state index is -0.424. The molecule has 1 nitrogen and oxygen atoms in total. The lowest BCUT2D eigenvalue weighted by Crippen LogP contribution is -2.02. The normalized spacial score (nSPS) is 19.0. The van der Waals surface area contributed by atoms with Crippen molar-refractivity contribution in [3.63, 3.8) is 0 Å². The molecular formula is C11H11FO. The van der Waals surface area contributed by atoms with Gasteiger partial charge in [0.1, 0.15) is 12.8 Å². The molecule has 0 amide bonds. The van der Waals surface area contributed by atoms with Gasteiger partial charge in [-0.05, 0) is 11.1 Å². The van der Waals surface area contributed by atoms with Crippen molar-refractivity contribution in [2.24, 2.45) is 0 Å². The molecule has 1 aromatic carbocycles. The molecule has 0 radical (unpaired) electrons. The van der Waals surface area contributed by atoms with E-state index in [1.165, 1.54) is 5.56 Å². The van der Waals surface area contributed by atoms with Crippen LogP contribution >= 0.6 is 0 Å². The lowest BCUT2D eigenvalue weighted by atomic mass is 10.1. The monoisotopic (exact) mass is 178 g/mol. The second-order valence-corrected chi connectivity index (χ2v) is 2.97. The molecule has 0 N–H and O–H groups in total. The van der Waals surface area contributed by atoms with Crippen molar-refractivity contribution in [3.8, 4) is 0 Å². The van der Waals surface area contributed by atoms with E-state index in [-0.39, 0.29) is 12.7 Å². The topological polar surface area (TPSA) is 9.23 Å². The number of fused-ring (bicyclic) bond motifs is 1. The predicted molar refractivity (Wildman–Crippen MR) is 50.1 cm³/mol. The van der Waals surface area contributed by atoms with Crippen LogP contribution in [0.2, 0.25) is 0 Å². The van der Waals surface area contributed by atoms with Gasteiger partial charge >= 0.3 is 0 Å². The summed E-state index contributed by atoms with van der Waals surface area (Å²) in [4.78, 5) is 0. The standard InChI is InChI=1S/C11H11FO/c12-7-8-13-11-6-5-9-3-1-2-4-10(9)11/h1-6,11H,7-8H2. The highest BCUT2D eigenvalue weighted by atomic mass is 19.1. The average Bonchev–Trinajstić information content (AvgIpc) is 2.58. The molecule has 2 rings (SSSR count). The highest BCUT2D eigenvalue weighted by molar-refractivity contribution is 5.61. The van der Waals surface area contributed by atoms with Gasteiger partial charge in [-0.1, -0.05) is 36.4 Å². The highest BCUT2D eigenvalue weighted by Gasteiger charge is 2.16. The van der Waals surface area contributed by atoms with E-state index in [4.69, 9.17) is 4.74 Å². The Morgan fingerprint density at radius 2 is 2.15 bits per heavy atom. The van der Waals surface area contributed by atoms with Crippen LogP contribution in [0, 0.1) is 0 Å². The van der Waals surface area contributed by atoms with Crippen molar-refractivity contribution in [1.82, 2.24) is 0 Å². The zero-order chi connectivity index (χ0) is 9.10. The summed E-state index contributed by atoms with van der Waals surface area (Å²) in [5, 5.41) is 0. The first-order valence-electron chi connectivity index (χ1n) is 4.36. The van der Waals surface area contributed by atoms with Crippen molar-refractivity contribution in [1.29, 1.82) is 0 Å². The Bertz CT molecular complexity index is 320. The summed E-state index contributed by atoms with van der Waals surface area (Å²) in [5.41, 5.74) is 2.31. The summed E-state index contributed by atoms with van der Waals surface area (Å²) in [5.74, 6) is 0. The molecule has 0 saturated carbocycles. The van der Waals surface area contributed by atoms with Gasteiger partial charge < -0.3 is 4.74 Å². The molecule has 0 aliphatic heterocycles. The van der Waals surface area contributed by atoms with Crippen LogP contribution in [0.15, 0.2) is 30.3 Å². The van der Waals surface area contributed by atoms with Gasteiger partial charge in [-0.3, -0.25) is 0 Å². The van der Waals surface area contributed by atoms with Gasteiger partial charge in [-0.2, -0.15) is 0 Å². The molecule has 0 heterocycles. The Hall–Kier alpha value is -1.15. The van der Waals surface area contributed by atoms with E-state index in [0.717, 1.165) is 5.56 Å². The first kappa shape index (κ1) is 8.45. The van der Waals surface area contributed by atoms with Crippen LogP contribution in [0.5, 0.6) is 0 Å². The molecule has 68 valence electrons. The first-order valence-corrected chi connectivity index (χ1v) is 4.36. The van der Waals surface area contributed by atoms with Gasteiger partial charge in [0, 0.05) is 0 Å². The molecule has 0 fully saturated rings. The number of hydrogen-bond acceptors (Lipinski definition) is 1. The molecule has 1 aromatic rings. The first-order chi connectivity index (χ1) is 6.42. The van der Waals surface area contributed by atoms with Crippen molar-refractivity contribution >= 4 is 6.08 Å². The SMILES string of the molecule is FCCOC1C=Cc2ccccc21. The Kier molecular flexibility index (Phi) is 2.41. The Morgan fingerprint density at radius 1 is 1.31 bits per heavy atom. The second-order valence-electron chi connectivity index (χ2n) is 2.97. The predicted octanol–water partition coefficient (Wildman–Crippen LogP) is 2.74. The lowest BCUT2D eigenvalue weighted by molar-refractivity contribution is 0.0758. The van der Waals surface area contributed by atoms with Crippen LogP contribution in [0.3, 0.4) is 0 Å². The van der Waals surface area contributed by atoms with Crippen molar-refractivity contribution < 1.29 is 9.13 Å². The maximum atomic E-state index is 11.9. The molecule has 0 bridgehead atoms. The number of halogens is 1. The largest absolute Gasteiger partial charge is 0.367 e. The van der Waals surface area contributed by atoms with E-state index in [1.807, 2.05) is 36.4 Å². The highest BCUT2D eigenvalue weighted by Crippen LogP contribution is 2.30.